The monoisotopic (exact) mass is 284 g/mol. The maximum atomic E-state index is 12.6. The summed E-state index contributed by atoms with van der Waals surface area (Å²) in [4.78, 5) is 25.9. The Balaban J connectivity index is 1.86. The molecule has 1 N–H and O–H groups in total. The van der Waals surface area contributed by atoms with Crippen molar-refractivity contribution in [2.45, 2.75) is 25.9 Å². The molecular formula is C16H16N2O3. The fraction of sp³-hybridized carbons (Fsp3) is 0.250. The first-order valence-electron chi connectivity index (χ1n) is 6.74. The predicted molar refractivity (Wildman–Crippen MR) is 76.3 cm³/mol. The third-order valence-electron chi connectivity index (χ3n) is 3.75. The lowest BCUT2D eigenvalue weighted by Crippen LogP contribution is -2.40. The van der Waals surface area contributed by atoms with E-state index < -0.39 is 11.6 Å². The van der Waals surface area contributed by atoms with Crippen LogP contribution < -0.4 is 5.32 Å². The highest BCUT2D eigenvalue weighted by molar-refractivity contribution is 6.06. The number of benzene rings is 1. The number of imide groups is 1. The van der Waals surface area contributed by atoms with Crippen LogP contribution in [-0.2, 0) is 16.9 Å². The van der Waals surface area contributed by atoms with Crippen molar-refractivity contribution in [1.82, 2.24) is 10.2 Å². The van der Waals surface area contributed by atoms with Crippen molar-refractivity contribution in [3.8, 4) is 0 Å². The first kappa shape index (κ1) is 13.4. The van der Waals surface area contributed by atoms with Crippen LogP contribution in [0.2, 0.25) is 0 Å². The molecule has 1 aliphatic rings. The molecule has 0 unspecified atom stereocenters. The van der Waals surface area contributed by atoms with E-state index in [4.69, 9.17) is 4.42 Å². The largest absolute Gasteiger partial charge is 0.466 e. The summed E-state index contributed by atoms with van der Waals surface area (Å²) >= 11 is 0. The summed E-state index contributed by atoms with van der Waals surface area (Å²) in [5.41, 5.74) is 0.912. The van der Waals surface area contributed by atoms with Crippen molar-refractivity contribution in [3.63, 3.8) is 0 Å². The number of urea groups is 1. The van der Waals surface area contributed by atoms with E-state index in [-0.39, 0.29) is 12.5 Å². The number of furan rings is 1. The molecule has 5 heteroatoms. The zero-order valence-electron chi connectivity index (χ0n) is 11.9. The SMILES string of the molecule is Cc1ccc(CN2C(=O)N[C@](C)(c3ccco3)C2=O)cc1. The van der Waals surface area contributed by atoms with Gasteiger partial charge in [-0.3, -0.25) is 9.69 Å². The summed E-state index contributed by atoms with van der Waals surface area (Å²) in [5.74, 6) is 0.135. The number of nitrogens with zero attached hydrogens (tertiary/aromatic N) is 1. The minimum atomic E-state index is -1.13. The summed E-state index contributed by atoms with van der Waals surface area (Å²) in [6.07, 6.45) is 1.49. The van der Waals surface area contributed by atoms with Crippen LogP contribution in [0.1, 0.15) is 23.8 Å². The van der Waals surface area contributed by atoms with Gasteiger partial charge in [0.05, 0.1) is 12.8 Å². The normalized spacial score (nSPS) is 21.7. The second kappa shape index (κ2) is 4.77. The van der Waals surface area contributed by atoms with Crippen molar-refractivity contribution in [2.75, 3.05) is 0 Å². The van der Waals surface area contributed by atoms with Gasteiger partial charge in [0.1, 0.15) is 5.76 Å². The predicted octanol–water partition coefficient (Wildman–Crippen LogP) is 2.56. The van der Waals surface area contributed by atoms with Crippen LogP contribution in [-0.4, -0.2) is 16.8 Å². The fourth-order valence-corrected chi connectivity index (χ4v) is 2.45. The molecule has 1 aromatic carbocycles. The molecule has 0 aliphatic carbocycles. The highest BCUT2D eigenvalue weighted by atomic mass is 16.3. The number of nitrogens with one attached hydrogen (secondary N) is 1. The molecule has 1 atom stereocenters. The Morgan fingerprint density at radius 3 is 2.52 bits per heavy atom. The van der Waals surface area contributed by atoms with Gasteiger partial charge in [-0.25, -0.2) is 4.79 Å². The van der Waals surface area contributed by atoms with E-state index in [9.17, 15) is 9.59 Å². The first-order chi connectivity index (χ1) is 10.0. The summed E-state index contributed by atoms with van der Waals surface area (Å²) in [7, 11) is 0. The smallest absolute Gasteiger partial charge is 0.325 e. The van der Waals surface area contributed by atoms with Gasteiger partial charge in [-0.15, -0.1) is 0 Å². The van der Waals surface area contributed by atoms with Gasteiger partial charge < -0.3 is 9.73 Å². The average Bonchev–Trinajstić information content (AvgIpc) is 3.06. The van der Waals surface area contributed by atoms with Crippen molar-refractivity contribution in [1.29, 1.82) is 0 Å². The van der Waals surface area contributed by atoms with E-state index in [1.807, 2.05) is 31.2 Å². The molecule has 2 heterocycles. The van der Waals surface area contributed by atoms with Gasteiger partial charge in [0, 0.05) is 0 Å². The van der Waals surface area contributed by atoms with Crippen LogP contribution in [0.15, 0.2) is 47.1 Å². The van der Waals surface area contributed by atoms with Crippen LogP contribution in [0.5, 0.6) is 0 Å². The Kier molecular flexibility index (Phi) is 3.05. The number of hydrogen-bond donors (Lipinski definition) is 1. The lowest BCUT2D eigenvalue weighted by molar-refractivity contribution is -0.132. The number of rotatable bonds is 3. The molecule has 0 spiro atoms. The van der Waals surface area contributed by atoms with Gasteiger partial charge in [0.25, 0.3) is 5.91 Å². The van der Waals surface area contributed by atoms with Crippen LogP contribution in [0.4, 0.5) is 4.79 Å². The van der Waals surface area contributed by atoms with E-state index in [0.717, 1.165) is 11.1 Å². The lowest BCUT2D eigenvalue weighted by Gasteiger charge is -2.19. The highest BCUT2D eigenvalue weighted by Gasteiger charge is 2.50. The molecule has 108 valence electrons. The van der Waals surface area contributed by atoms with Crippen molar-refractivity contribution in [2.24, 2.45) is 0 Å². The zero-order valence-corrected chi connectivity index (χ0v) is 11.9. The zero-order chi connectivity index (χ0) is 15.0. The fourth-order valence-electron chi connectivity index (χ4n) is 2.45. The van der Waals surface area contributed by atoms with Crippen molar-refractivity contribution >= 4 is 11.9 Å². The quantitative estimate of drug-likeness (QED) is 0.881. The molecule has 3 rings (SSSR count). The van der Waals surface area contributed by atoms with Gasteiger partial charge in [-0.05, 0) is 31.5 Å². The van der Waals surface area contributed by atoms with Crippen molar-refractivity contribution < 1.29 is 14.0 Å². The number of hydrogen-bond acceptors (Lipinski definition) is 3. The number of carbonyl (C=O) groups is 2. The molecule has 1 fully saturated rings. The van der Waals surface area contributed by atoms with Crippen LogP contribution >= 0.6 is 0 Å². The number of carbonyl (C=O) groups excluding carboxylic acids is 2. The lowest BCUT2D eigenvalue weighted by atomic mass is 9.99. The van der Waals surface area contributed by atoms with Gasteiger partial charge in [0.2, 0.25) is 0 Å². The average molecular weight is 284 g/mol. The molecule has 0 saturated carbocycles. The summed E-state index contributed by atoms with van der Waals surface area (Å²) in [5, 5.41) is 2.71. The molecule has 21 heavy (non-hydrogen) atoms. The number of aryl methyl sites for hydroxylation is 1. The summed E-state index contributed by atoms with van der Waals surface area (Å²) < 4.78 is 5.29. The topological polar surface area (TPSA) is 62.6 Å². The molecule has 1 aliphatic heterocycles. The Morgan fingerprint density at radius 2 is 1.90 bits per heavy atom. The molecule has 1 saturated heterocycles. The van der Waals surface area contributed by atoms with Gasteiger partial charge in [-0.1, -0.05) is 29.8 Å². The molecule has 3 amide bonds. The van der Waals surface area contributed by atoms with Gasteiger partial charge in [-0.2, -0.15) is 0 Å². The molecule has 1 aromatic heterocycles. The molecule has 0 bridgehead atoms. The Morgan fingerprint density at radius 1 is 1.19 bits per heavy atom. The minimum absolute atomic E-state index is 0.251. The van der Waals surface area contributed by atoms with Crippen LogP contribution in [0.3, 0.4) is 0 Å². The Bertz CT molecular complexity index is 676. The maximum absolute atomic E-state index is 12.6. The van der Waals surface area contributed by atoms with Crippen LogP contribution in [0, 0.1) is 6.92 Å². The second-order valence-corrected chi connectivity index (χ2v) is 5.41. The summed E-state index contributed by atoms with van der Waals surface area (Å²) in [6.45, 7) is 3.90. The van der Waals surface area contributed by atoms with Gasteiger partial charge in [0.15, 0.2) is 5.54 Å². The molecule has 5 nitrogen and oxygen atoms in total. The molecule has 0 radical (unpaired) electrons. The molecular weight excluding hydrogens is 268 g/mol. The van der Waals surface area contributed by atoms with Crippen molar-refractivity contribution in [3.05, 3.63) is 59.5 Å². The van der Waals surface area contributed by atoms with Crippen LogP contribution in [0.25, 0.3) is 0 Å². The standard InChI is InChI=1S/C16H16N2O3/c1-11-5-7-12(8-6-11)10-18-14(19)16(2,17-15(18)20)13-4-3-9-21-13/h3-9H,10H2,1-2H3,(H,17,20)/t16-/m1/s1. The second-order valence-electron chi connectivity index (χ2n) is 5.41. The summed E-state index contributed by atoms with van der Waals surface area (Å²) in [6, 6.07) is 10.7. The van der Waals surface area contributed by atoms with Gasteiger partial charge >= 0.3 is 6.03 Å². The van der Waals surface area contributed by atoms with E-state index >= 15 is 0 Å². The third kappa shape index (κ3) is 2.20. The minimum Gasteiger partial charge on any atom is -0.466 e. The maximum Gasteiger partial charge on any atom is 0.325 e. The third-order valence-corrected chi connectivity index (χ3v) is 3.75. The molecule has 2 aromatic rings. The number of amides is 3. The first-order valence-corrected chi connectivity index (χ1v) is 6.74. The Hall–Kier alpha value is -2.56. The van der Waals surface area contributed by atoms with E-state index in [2.05, 4.69) is 5.32 Å². The van der Waals surface area contributed by atoms with E-state index in [1.54, 1.807) is 19.1 Å². The Labute approximate surface area is 122 Å². The highest BCUT2D eigenvalue weighted by Crippen LogP contribution is 2.29. The van der Waals surface area contributed by atoms with E-state index in [1.165, 1.54) is 11.2 Å². The van der Waals surface area contributed by atoms with E-state index in [0.29, 0.717) is 5.76 Å².